The average molecular weight is 221 g/mol. The molecule has 1 atom stereocenters. The third-order valence-corrected chi connectivity index (χ3v) is 2.81. The number of hydrogen-bond donors (Lipinski definition) is 1. The molecule has 0 saturated heterocycles. The van der Waals surface area contributed by atoms with E-state index < -0.39 is 22.0 Å². The molecular weight excluding hydrogens is 206 g/mol. The number of rotatable bonds is 5. The summed E-state index contributed by atoms with van der Waals surface area (Å²) < 4.78 is 29.1. The van der Waals surface area contributed by atoms with Crippen molar-refractivity contribution < 1.29 is 17.9 Å². The zero-order valence-corrected chi connectivity index (χ0v) is 9.30. The normalized spacial score (nSPS) is 14.2. The zero-order chi connectivity index (χ0) is 11.2. The van der Waals surface area contributed by atoms with Gasteiger partial charge >= 0.3 is 5.97 Å². The first-order chi connectivity index (χ1) is 6.43. The molecule has 82 valence electrons. The molecule has 0 saturated carbocycles. The Bertz CT molecular complexity index is 307. The quantitative estimate of drug-likeness (QED) is 0.525. The second-order valence-electron chi connectivity index (χ2n) is 2.71. The number of allylic oxidation sites excluding steroid dienone is 1. The first-order valence-electron chi connectivity index (χ1n) is 4.12. The van der Waals surface area contributed by atoms with Gasteiger partial charge in [-0.3, -0.25) is 4.79 Å². The van der Waals surface area contributed by atoms with Gasteiger partial charge in [-0.25, -0.2) is 13.1 Å². The van der Waals surface area contributed by atoms with Gasteiger partial charge in [0.1, 0.15) is 6.04 Å². The highest BCUT2D eigenvalue weighted by Crippen LogP contribution is 1.92. The standard InChI is InChI=1S/C8H15NO4S/c1-4-5-6-14(11,12)9-7(2)8(10)13-3/h4-5,7,9H,6H2,1-3H3/b5-4+. The highest BCUT2D eigenvalue weighted by molar-refractivity contribution is 7.89. The summed E-state index contributed by atoms with van der Waals surface area (Å²) in [6, 6.07) is -0.852. The summed E-state index contributed by atoms with van der Waals surface area (Å²) in [5, 5.41) is 0. The van der Waals surface area contributed by atoms with Gasteiger partial charge in [0, 0.05) is 0 Å². The third-order valence-electron chi connectivity index (χ3n) is 1.46. The summed E-state index contributed by atoms with van der Waals surface area (Å²) >= 11 is 0. The number of esters is 1. The molecule has 0 rings (SSSR count). The van der Waals surface area contributed by atoms with Crippen LogP contribution in [0.2, 0.25) is 0 Å². The van der Waals surface area contributed by atoms with Crippen molar-refractivity contribution in [3.63, 3.8) is 0 Å². The summed E-state index contributed by atoms with van der Waals surface area (Å²) in [7, 11) is -2.23. The molecule has 0 aliphatic heterocycles. The number of carbonyl (C=O) groups is 1. The molecule has 0 spiro atoms. The molecule has 1 N–H and O–H groups in total. The molecule has 14 heavy (non-hydrogen) atoms. The molecule has 0 aromatic rings. The molecule has 6 heteroatoms. The van der Waals surface area contributed by atoms with Gasteiger partial charge < -0.3 is 4.74 Å². The summed E-state index contributed by atoms with van der Waals surface area (Å²) in [5.74, 6) is -0.737. The summed E-state index contributed by atoms with van der Waals surface area (Å²) in [6.07, 6.45) is 3.12. The van der Waals surface area contributed by atoms with E-state index in [-0.39, 0.29) is 5.75 Å². The molecule has 0 aromatic heterocycles. The first-order valence-corrected chi connectivity index (χ1v) is 5.77. The van der Waals surface area contributed by atoms with E-state index in [1.54, 1.807) is 13.0 Å². The Morgan fingerprint density at radius 3 is 2.57 bits per heavy atom. The van der Waals surface area contributed by atoms with E-state index in [4.69, 9.17) is 0 Å². The lowest BCUT2D eigenvalue weighted by Gasteiger charge is -2.10. The number of hydrogen-bond acceptors (Lipinski definition) is 4. The summed E-state index contributed by atoms with van der Waals surface area (Å²) in [6.45, 7) is 3.15. The van der Waals surface area contributed by atoms with Crippen molar-refractivity contribution in [2.24, 2.45) is 0 Å². The maximum Gasteiger partial charge on any atom is 0.323 e. The van der Waals surface area contributed by atoms with Crippen molar-refractivity contribution in [3.8, 4) is 0 Å². The van der Waals surface area contributed by atoms with Gasteiger partial charge in [0.2, 0.25) is 10.0 Å². The summed E-state index contributed by atoms with van der Waals surface area (Å²) in [5.41, 5.74) is 0. The van der Waals surface area contributed by atoms with Gasteiger partial charge in [0.05, 0.1) is 12.9 Å². The molecule has 0 amide bonds. The van der Waals surface area contributed by atoms with Gasteiger partial charge in [-0.05, 0) is 13.8 Å². The van der Waals surface area contributed by atoms with Crippen LogP contribution in [0.25, 0.3) is 0 Å². The van der Waals surface area contributed by atoms with Crippen LogP contribution >= 0.6 is 0 Å². The first kappa shape index (κ1) is 13.1. The van der Waals surface area contributed by atoms with Crippen molar-refractivity contribution in [1.29, 1.82) is 0 Å². The van der Waals surface area contributed by atoms with Gasteiger partial charge in [0.15, 0.2) is 0 Å². The zero-order valence-electron chi connectivity index (χ0n) is 8.48. The Balaban J connectivity index is 4.29. The number of carbonyl (C=O) groups excluding carboxylic acids is 1. The third kappa shape index (κ3) is 4.98. The largest absolute Gasteiger partial charge is 0.468 e. The highest BCUT2D eigenvalue weighted by atomic mass is 32.2. The maximum absolute atomic E-state index is 11.3. The van der Waals surface area contributed by atoms with Gasteiger partial charge in [-0.1, -0.05) is 12.2 Å². The molecule has 0 radical (unpaired) electrons. The van der Waals surface area contributed by atoms with Crippen LogP contribution in [0.5, 0.6) is 0 Å². The molecule has 1 unspecified atom stereocenters. The fourth-order valence-electron chi connectivity index (χ4n) is 0.765. The molecule has 5 nitrogen and oxygen atoms in total. The van der Waals surface area contributed by atoms with Crippen molar-refractivity contribution in [2.75, 3.05) is 12.9 Å². The monoisotopic (exact) mass is 221 g/mol. The minimum Gasteiger partial charge on any atom is -0.468 e. The number of sulfonamides is 1. The van der Waals surface area contributed by atoms with E-state index in [1.807, 2.05) is 0 Å². The van der Waals surface area contributed by atoms with E-state index >= 15 is 0 Å². The van der Waals surface area contributed by atoms with E-state index in [2.05, 4.69) is 9.46 Å². The van der Waals surface area contributed by atoms with Gasteiger partial charge in [-0.2, -0.15) is 0 Å². The fourth-order valence-corrected chi connectivity index (χ4v) is 1.94. The second-order valence-corrected chi connectivity index (χ2v) is 4.51. The SMILES string of the molecule is C/C=C/CS(=O)(=O)NC(C)C(=O)OC. The lowest BCUT2D eigenvalue weighted by molar-refractivity contribution is -0.142. The van der Waals surface area contributed by atoms with E-state index in [0.717, 1.165) is 0 Å². The smallest absolute Gasteiger partial charge is 0.323 e. The van der Waals surface area contributed by atoms with E-state index in [1.165, 1.54) is 20.1 Å². The van der Waals surface area contributed by atoms with Crippen LogP contribution < -0.4 is 4.72 Å². The summed E-state index contributed by atoms with van der Waals surface area (Å²) in [4.78, 5) is 10.9. The molecule has 0 aromatic carbocycles. The molecular formula is C8H15NO4S. The number of ether oxygens (including phenoxy) is 1. The maximum atomic E-state index is 11.3. The van der Waals surface area contributed by atoms with Crippen molar-refractivity contribution in [1.82, 2.24) is 4.72 Å². The second kappa shape index (κ2) is 5.77. The Kier molecular flexibility index (Phi) is 5.40. The van der Waals surface area contributed by atoms with Crippen LogP contribution in [0.4, 0.5) is 0 Å². The van der Waals surface area contributed by atoms with Crippen molar-refractivity contribution >= 4 is 16.0 Å². The van der Waals surface area contributed by atoms with Gasteiger partial charge in [-0.15, -0.1) is 0 Å². The minimum absolute atomic E-state index is 0.134. The molecule has 0 bridgehead atoms. The number of methoxy groups -OCH3 is 1. The Hall–Kier alpha value is -0.880. The molecule has 0 aliphatic carbocycles. The van der Waals surface area contributed by atoms with E-state index in [0.29, 0.717) is 0 Å². The van der Waals surface area contributed by atoms with Crippen LogP contribution in [0.15, 0.2) is 12.2 Å². The number of nitrogens with one attached hydrogen (secondary N) is 1. The predicted octanol–water partition coefficient (Wildman–Crippen LogP) is 0.0434. The van der Waals surface area contributed by atoms with Crippen molar-refractivity contribution in [2.45, 2.75) is 19.9 Å². The highest BCUT2D eigenvalue weighted by Gasteiger charge is 2.19. The van der Waals surface area contributed by atoms with E-state index in [9.17, 15) is 13.2 Å². The Morgan fingerprint density at radius 2 is 2.14 bits per heavy atom. The molecule has 0 aliphatic rings. The van der Waals surface area contributed by atoms with Crippen LogP contribution in [-0.2, 0) is 19.6 Å². The Labute approximate surface area is 84.2 Å². The van der Waals surface area contributed by atoms with Crippen LogP contribution in [-0.4, -0.2) is 33.3 Å². The molecule has 0 heterocycles. The fraction of sp³-hybridized carbons (Fsp3) is 0.625. The predicted molar refractivity (Wildman–Crippen MR) is 53.2 cm³/mol. The Morgan fingerprint density at radius 1 is 1.57 bits per heavy atom. The van der Waals surface area contributed by atoms with Crippen LogP contribution in [0.1, 0.15) is 13.8 Å². The van der Waals surface area contributed by atoms with Crippen LogP contribution in [0.3, 0.4) is 0 Å². The lowest BCUT2D eigenvalue weighted by Crippen LogP contribution is -2.39. The average Bonchev–Trinajstić information content (AvgIpc) is 2.12. The van der Waals surface area contributed by atoms with Gasteiger partial charge in [0.25, 0.3) is 0 Å². The molecule has 0 fully saturated rings. The van der Waals surface area contributed by atoms with Crippen molar-refractivity contribution in [3.05, 3.63) is 12.2 Å². The topological polar surface area (TPSA) is 72.5 Å². The minimum atomic E-state index is -3.44. The lowest BCUT2D eigenvalue weighted by atomic mass is 10.4. The van der Waals surface area contributed by atoms with Crippen LogP contribution in [0, 0.1) is 0 Å².